The van der Waals surface area contributed by atoms with Gasteiger partial charge in [0.1, 0.15) is 0 Å². The zero-order valence-corrected chi connectivity index (χ0v) is 16.8. The number of fused-ring (bicyclic) bond motifs is 5. The molecule has 0 N–H and O–H groups in total. The molecule has 0 spiro atoms. The van der Waals surface area contributed by atoms with Crippen LogP contribution < -0.4 is 0 Å². The lowest BCUT2D eigenvalue weighted by atomic mass is 9.48. The molecule has 0 bridgehead atoms. The molecule has 0 unspecified atom stereocenters. The topological polar surface area (TPSA) is 60.4 Å². The summed E-state index contributed by atoms with van der Waals surface area (Å²) >= 11 is 0. The summed E-state index contributed by atoms with van der Waals surface area (Å²) in [6, 6.07) is 0. The van der Waals surface area contributed by atoms with Gasteiger partial charge in [0, 0.05) is 18.8 Å². The molecule has 4 rings (SSSR count). The van der Waals surface area contributed by atoms with E-state index < -0.39 is 5.60 Å². The fourth-order valence-corrected chi connectivity index (χ4v) is 7.06. The zero-order valence-electron chi connectivity index (χ0n) is 16.8. The van der Waals surface area contributed by atoms with Crippen LogP contribution in [0.1, 0.15) is 66.2 Å². The molecular formula is C23H30O4. The van der Waals surface area contributed by atoms with Crippen molar-refractivity contribution in [2.75, 3.05) is 0 Å². The number of hydrogen-bond acceptors (Lipinski definition) is 4. The van der Waals surface area contributed by atoms with E-state index in [0.29, 0.717) is 30.6 Å². The number of hydrogen-bond donors (Lipinski definition) is 0. The van der Waals surface area contributed by atoms with E-state index in [2.05, 4.69) is 26.0 Å². The van der Waals surface area contributed by atoms with Gasteiger partial charge in [-0.15, -0.1) is 0 Å². The molecule has 27 heavy (non-hydrogen) atoms. The van der Waals surface area contributed by atoms with E-state index in [1.54, 1.807) is 6.92 Å². The molecule has 146 valence electrons. The normalized spacial score (nSPS) is 45.4. The van der Waals surface area contributed by atoms with E-state index >= 15 is 0 Å². The van der Waals surface area contributed by atoms with Gasteiger partial charge in [0.15, 0.2) is 17.2 Å². The van der Waals surface area contributed by atoms with Crippen LogP contribution >= 0.6 is 0 Å². The first-order valence-electron chi connectivity index (χ1n) is 10.3. The van der Waals surface area contributed by atoms with Gasteiger partial charge in [-0.25, -0.2) is 0 Å². The van der Waals surface area contributed by atoms with Crippen molar-refractivity contribution >= 4 is 17.5 Å². The lowest BCUT2D eigenvalue weighted by Crippen LogP contribution is -2.58. The summed E-state index contributed by atoms with van der Waals surface area (Å²) < 4.78 is 5.79. The number of allylic oxidation sites excluding steroid dienone is 4. The summed E-state index contributed by atoms with van der Waals surface area (Å²) in [5.74, 6) is 1.03. The largest absolute Gasteiger partial charge is 0.451 e. The minimum absolute atomic E-state index is 0.0176. The third-order valence-corrected chi connectivity index (χ3v) is 8.52. The van der Waals surface area contributed by atoms with Crippen molar-refractivity contribution in [3.63, 3.8) is 0 Å². The summed E-state index contributed by atoms with van der Waals surface area (Å²) in [7, 11) is 0. The van der Waals surface area contributed by atoms with Crippen LogP contribution in [0.5, 0.6) is 0 Å². The predicted molar refractivity (Wildman–Crippen MR) is 102 cm³/mol. The molecule has 0 heterocycles. The molecule has 0 aliphatic heterocycles. The van der Waals surface area contributed by atoms with Gasteiger partial charge < -0.3 is 4.74 Å². The molecule has 0 aromatic heterocycles. The highest BCUT2D eigenvalue weighted by Crippen LogP contribution is 2.67. The Morgan fingerprint density at radius 1 is 1.07 bits per heavy atom. The first-order valence-corrected chi connectivity index (χ1v) is 10.3. The summed E-state index contributed by atoms with van der Waals surface area (Å²) in [6.45, 7) is 7.46. The van der Waals surface area contributed by atoms with Crippen LogP contribution in [0.3, 0.4) is 0 Å². The van der Waals surface area contributed by atoms with Gasteiger partial charge in [-0.2, -0.15) is 0 Å². The number of rotatable bonds is 2. The third-order valence-electron chi connectivity index (χ3n) is 8.52. The molecule has 0 saturated heterocycles. The fourth-order valence-electron chi connectivity index (χ4n) is 7.06. The number of ketones is 2. The second-order valence-electron chi connectivity index (χ2n) is 9.60. The zero-order chi connectivity index (χ0) is 19.6. The molecule has 2 fully saturated rings. The van der Waals surface area contributed by atoms with Gasteiger partial charge in [-0.3, -0.25) is 14.4 Å². The van der Waals surface area contributed by atoms with Crippen molar-refractivity contribution in [2.45, 2.75) is 71.8 Å². The van der Waals surface area contributed by atoms with Gasteiger partial charge in [-0.05, 0) is 73.8 Å². The first-order chi connectivity index (χ1) is 12.6. The average Bonchev–Trinajstić information content (AvgIpc) is 2.89. The molecule has 0 amide bonds. The maximum absolute atomic E-state index is 12.7. The molecule has 2 saturated carbocycles. The quantitative estimate of drug-likeness (QED) is 0.684. The van der Waals surface area contributed by atoms with Gasteiger partial charge >= 0.3 is 5.97 Å². The summed E-state index contributed by atoms with van der Waals surface area (Å²) in [6.07, 6.45) is 11.2. The molecular weight excluding hydrogens is 340 g/mol. The number of carbonyl (C=O) groups excluding carboxylic acids is 3. The molecule has 4 nitrogen and oxygen atoms in total. The Labute approximate surface area is 161 Å². The van der Waals surface area contributed by atoms with Crippen LogP contribution in [0.2, 0.25) is 0 Å². The first kappa shape index (κ1) is 18.6. The molecule has 0 radical (unpaired) electrons. The smallest absolute Gasteiger partial charge is 0.303 e. The minimum atomic E-state index is -0.984. The molecule has 0 aromatic carbocycles. The SMILES string of the molecule is CC(=O)O[C@]1(C(C)=O)CC[C@@H]2[C@H]3C=CC4=CC(=O)CC[C@]4(C)[C@@H]3CC[C@@]21C. The maximum Gasteiger partial charge on any atom is 0.303 e. The Hall–Kier alpha value is -1.71. The van der Waals surface area contributed by atoms with E-state index in [-0.39, 0.29) is 28.4 Å². The van der Waals surface area contributed by atoms with Crippen molar-refractivity contribution in [3.8, 4) is 0 Å². The molecule has 0 aromatic rings. The second-order valence-corrected chi connectivity index (χ2v) is 9.60. The monoisotopic (exact) mass is 370 g/mol. The highest BCUT2D eigenvalue weighted by Gasteiger charge is 2.67. The van der Waals surface area contributed by atoms with E-state index in [9.17, 15) is 14.4 Å². The predicted octanol–water partition coefficient (Wildman–Crippen LogP) is 4.19. The summed E-state index contributed by atoms with van der Waals surface area (Å²) in [5.41, 5.74) is -0.0864. The second kappa shape index (κ2) is 5.89. The van der Waals surface area contributed by atoms with E-state index in [1.165, 1.54) is 12.5 Å². The Bertz CT molecular complexity index is 777. The Kier molecular flexibility index (Phi) is 4.07. The van der Waals surface area contributed by atoms with Crippen molar-refractivity contribution in [3.05, 3.63) is 23.8 Å². The summed E-state index contributed by atoms with van der Waals surface area (Å²) in [5, 5.41) is 0. The van der Waals surface area contributed by atoms with Crippen LogP contribution in [0.4, 0.5) is 0 Å². The van der Waals surface area contributed by atoms with Gasteiger partial charge in [-0.1, -0.05) is 26.0 Å². The molecule has 4 heteroatoms. The summed E-state index contributed by atoms with van der Waals surface area (Å²) in [4.78, 5) is 36.5. The van der Waals surface area contributed by atoms with E-state index in [4.69, 9.17) is 4.74 Å². The fraction of sp³-hybridized carbons (Fsp3) is 0.696. The third kappa shape index (κ3) is 2.37. The Morgan fingerprint density at radius 2 is 1.78 bits per heavy atom. The standard InChI is InChI=1S/C23H30O4/c1-14(24)23(27-15(2)25)12-9-20-18-6-5-16-13-17(26)7-10-21(16,3)19(18)8-11-22(20,23)4/h5-6,13,18-20H,7-12H2,1-4H3/t18-,19+,20+,21-,22-,23-/m0/s1. The van der Waals surface area contributed by atoms with Crippen LogP contribution in [0.25, 0.3) is 0 Å². The van der Waals surface area contributed by atoms with Crippen molar-refractivity contribution in [2.24, 2.45) is 28.6 Å². The Balaban J connectivity index is 1.75. The number of carbonyl (C=O) groups is 3. The lowest BCUT2D eigenvalue weighted by molar-refractivity contribution is -0.185. The molecule has 4 aliphatic rings. The van der Waals surface area contributed by atoms with Crippen molar-refractivity contribution in [1.29, 1.82) is 0 Å². The number of ether oxygens (including phenoxy) is 1. The number of esters is 1. The van der Waals surface area contributed by atoms with Crippen LogP contribution in [-0.2, 0) is 19.1 Å². The van der Waals surface area contributed by atoms with Gasteiger partial charge in [0.2, 0.25) is 0 Å². The highest BCUT2D eigenvalue weighted by molar-refractivity contribution is 5.92. The molecule has 6 atom stereocenters. The van der Waals surface area contributed by atoms with Crippen LogP contribution in [0, 0.1) is 28.6 Å². The van der Waals surface area contributed by atoms with E-state index in [1.807, 2.05) is 6.08 Å². The average molecular weight is 370 g/mol. The highest BCUT2D eigenvalue weighted by atomic mass is 16.6. The van der Waals surface area contributed by atoms with Crippen LogP contribution in [-0.4, -0.2) is 23.1 Å². The molecule has 4 aliphatic carbocycles. The van der Waals surface area contributed by atoms with Crippen molar-refractivity contribution < 1.29 is 19.1 Å². The van der Waals surface area contributed by atoms with Crippen molar-refractivity contribution in [1.82, 2.24) is 0 Å². The lowest BCUT2D eigenvalue weighted by Gasteiger charge is -2.57. The van der Waals surface area contributed by atoms with Crippen LogP contribution in [0.15, 0.2) is 23.8 Å². The maximum atomic E-state index is 12.7. The van der Waals surface area contributed by atoms with Gasteiger partial charge in [0.05, 0.1) is 0 Å². The van der Waals surface area contributed by atoms with E-state index in [0.717, 1.165) is 25.7 Å². The minimum Gasteiger partial charge on any atom is -0.451 e. The number of Topliss-reactive ketones (excluding diaryl/α,β-unsaturated/α-hetero) is 1. The Morgan fingerprint density at radius 3 is 2.44 bits per heavy atom. The van der Waals surface area contributed by atoms with Gasteiger partial charge in [0.25, 0.3) is 0 Å².